The highest BCUT2D eigenvalue weighted by molar-refractivity contribution is 6.29. The van der Waals surface area contributed by atoms with Crippen LogP contribution in [0.3, 0.4) is 0 Å². The number of carbonyl (C=O) groups excluding carboxylic acids is 1. The van der Waals surface area contributed by atoms with Crippen molar-refractivity contribution in [2.24, 2.45) is 7.05 Å². The highest BCUT2D eigenvalue weighted by atomic mass is 35.5. The molecule has 0 unspecified atom stereocenters. The average molecular weight is 256 g/mol. The molecule has 94 valence electrons. The van der Waals surface area contributed by atoms with Crippen LogP contribution in [0.5, 0.6) is 0 Å². The average Bonchev–Trinajstić information content (AvgIpc) is 2.62. The summed E-state index contributed by atoms with van der Waals surface area (Å²) in [6, 6.07) is 0.489. The predicted octanol–water partition coefficient (Wildman–Crippen LogP) is 2.02. The van der Waals surface area contributed by atoms with Gasteiger partial charge in [-0.25, -0.2) is 4.98 Å². The van der Waals surface area contributed by atoms with Crippen molar-refractivity contribution in [3.63, 3.8) is 0 Å². The lowest BCUT2D eigenvalue weighted by atomic mass is 9.93. The van der Waals surface area contributed by atoms with E-state index in [9.17, 15) is 4.79 Å². The molecule has 1 heterocycles. The van der Waals surface area contributed by atoms with Crippen molar-refractivity contribution in [2.45, 2.75) is 38.3 Å². The number of nitrogens with zero attached hydrogens (tertiary/aromatic N) is 3. The summed E-state index contributed by atoms with van der Waals surface area (Å²) in [4.78, 5) is 17.8. The van der Waals surface area contributed by atoms with Crippen LogP contribution >= 0.6 is 11.6 Å². The third kappa shape index (κ3) is 2.87. The van der Waals surface area contributed by atoms with E-state index in [1.165, 1.54) is 0 Å². The Labute approximate surface area is 107 Å². The van der Waals surface area contributed by atoms with Crippen molar-refractivity contribution in [3.8, 4) is 0 Å². The first-order chi connectivity index (χ1) is 8.08. The van der Waals surface area contributed by atoms with E-state index in [0.717, 1.165) is 38.1 Å². The van der Waals surface area contributed by atoms with E-state index in [-0.39, 0.29) is 0 Å². The monoisotopic (exact) mass is 255 g/mol. The first kappa shape index (κ1) is 12.6. The molecule has 0 saturated heterocycles. The van der Waals surface area contributed by atoms with E-state index in [1.54, 1.807) is 6.20 Å². The van der Waals surface area contributed by atoms with Gasteiger partial charge in [0.05, 0.1) is 12.7 Å². The maximum absolute atomic E-state index is 11.2. The van der Waals surface area contributed by atoms with E-state index in [0.29, 0.717) is 17.0 Å². The van der Waals surface area contributed by atoms with Crippen molar-refractivity contribution in [2.75, 3.05) is 7.05 Å². The SMILES string of the molecule is CN(Cc1ncc(Cl)n1C)C1CCC(=O)CC1. The predicted molar refractivity (Wildman–Crippen MR) is 66.9 cm³/mol. The van der Waals surface area contributed by atoms with Gasteiger partial charge < -0.3 is 4.57 Å². The lowest BCUT2D eigenvalue weighted by Crippen LogP contribution is -2.35. The molecule has 0 radical (unpaired) electrons. The minimum atomic E-state index is 0.398. The van der Waals surface area contributed by atoms with E-state index >= 15 is 0 Å². The number of aromatic nitrogens is 2. The summed E-state index contributed by atoms with van der Waals surface area (Å²) in [6.45, 7) is 0.780. The molecule has 1 aromatic heterocycles. The third-order valence-electron chi connectivity index (χ3n) is 3.55. The number of halogens is 1. The van der Waals surface area contributed by atoms with Crippen molar-refractivity contribution >= 4 is 17.4 Å². The Hall–Kier alpha value is -0.870. The van der Waals surface area contributed by atoms with Crippen LogP contribution < -0.4 is 0 Å². The van der Waals surface area contributed by atoms with Crippen molar-refractivity contribution < 1.29 is 4.79 Å². The molecule has 0 bridgehead atoms. The van der Waals surface area contributed by atoms with Crippen molar-refractivity contribution in [3.05, 3.63) is 17.2 Å². The molecule has 0 N–H and O–H groups in total. The maximum atomic E-state index is 11.2. The standard InChI is InChI=1S/C12H18ClN3O/c1-15(9-3-5-10(17)6-4-9)8-12-14-7-11(13)16(12)2/h7,9H,3-6,8H2,1-2H3. The third-order valence-corrected chi connectivity index (χ3v) is 3.91. The number of rotatable bonds is 3. The van der Waals surface area contributed by atoms with E-state index in [2.05, 4.69) is 16.9 Å². The van der Waals surface area contributed by atoms with Gasteiger partial charge in [0.2, 0.25) is 0 Å². The fourth-order valence-electron chi connectivity index (χ4n) is 2.29. The summed E-state index contributed by atoms with van der Waals surface area (Å²) < 4.78 is 1.89. The summed E-state index contributed by atoms with van der Waals surface area (Å²) in [7, 11) is 4.01. The van der Waals surface area contributed by atoms with Crippen LogP contribution in [0, 0.1) is 0 Å². The van der Waals surface area contributed by atoms with Crippen LogP contribution in [0.25, 0.3) is 0 Å². The lowest BCUT2D eigenvalue weighted by Gasteiger charge is -2.30. The van der Waals surface area contributed by atoms with Gasteiger partial charge in [-0.1, -0.05) is 11.6 Å². The highest BCUT2D eigenvalue weighted by Crippen LogP contribution is 2.21. The molecule has 1 saturated carbocycles. The summed E-state index contributed by atoms with van der Waals surface area (Å²) >= 11 is 5.96. The van der Waals surface area contributed by atoms with Gasteiger partial charge in [0, 0.05) is 25.9 Å². The van der Waals surface area contributed by atoms with Gasteiger partial charge in [0.1, 0.15) is 16.8 Å². The summed E-state index contributed by atoms with van der Waals surface area (Å²) in [5.74, 6) is 1.36. The maximum Gasteiger partial charge on any atom is 0.133 e. The van der Waals surface area contributed by atoms with Gasteiger partial charge in [-0.3, -0.25) is 9.69 Å². The first-order valence-electron chi connectivity index (χ1n) is 5.96. The van der Waals surface area contributed by atoms with Crippen LogP contribution in [-0.2, 0) is 18.4 Å². The number of hydrogen-bond donors (Lipinski definition) is 0. The Balaban J connectivity index is 1.95. The lowest BCUT2D eigenvalue weighted by molar-refractivity contribution is -0.121. The Morgan fingerprint density at radius 2 is 2.18 bits per heavy atom. The zero-order valence-electron chi connectivity index (χ0n) is 10.3. The molecule has 0 amide bonds. The van der Waals surface area contributed by atoms with Gasteiger partial charge in [-0.15, -0.1) is 0 Å². The zero-order chi connectivity index (χ0) is 12.4. The van der Waals surface area contributed by atoms with Crippen LogP contribution in [-0.4, -0.2) is 33.3 Å². The Morgan fingerprint density at radius 1 is 1.53 bits per heavy atom. The summed E-state index contributed by atoms with van der Waals surface area (Å²) in [5, 5.41) is 0.659. The van der Waals surface area contributed by atoms with Crippen molar-refractivity contribution in [1.29, 1.82) is 0 Å². The van der Waals surface area contributed by atoms with Crippen LogP contribution in [0.1, 0.15) is 31.5 Å². The molecule has 1 aliphatic rings. The molecule has 5 heteroatoms. The summed E-state index contributed by atoms with van der Waals surface area (Å²) in [5.41, 5.74) is 0. The molecule has 1 fully saturated rings. The van der Waals surface area contributed by atoms with Gasteiger partial charge in [0.25, 0.3) is 0 Å². The Kier molecular flexibility index (Phi) is 3.84. The minimum Gasteiger partial charge on any atom is -0.321 e. The molecule has 0 atom stereocenters. The zero-order valence-corrected chi connectivity index (χ0v) is 11.1. The quantitative estimate of drug-likeness (QED) is 0.829. The molecule has 1 aliphatic carbocycles. The number of carbonyl (C=O) groups is 1. The number of Topliss-reactive ketones (excluding diaryl/α,β-unsaturated/α-hetero) is 1. The molecule has 2 rings (SSSR count). The minimum absolute atomic E-state index is 0.398. The van der Waals surface area contributed by atoms with Crippen LogP contribution in [0.15, 0.2) is 6.20 Å². The fourth-order valence-corrected chi connectivity index (χ4v) is 2.43. The normalized spacial score (nSPS) is 18.0. The van der Waals surface area contributed by atoms with E-state index < -0.39 is 0 Å². The number of ketones is 1. The van der Waals surface area contributed by atoms with Crippen LogP contribution in [0.2, 0.25) is 5.15 Å². The largest absolute Gasteiger partial charge is 0.321 e. The van der Waals surface area contributed by atoms with Gasteiger partial charge in [-0.05, 0) is 19.9 Å². The van der Waals surface area contributed by atoms with Gasteiger partial charge in [-0.2, -0.15) is 0 Å². The molecule has 4 nitrogen and oxygen atoms in total. The van der Waals surface area contributed by atoms with E-state index in [1.807, 2.05) is 11.6 Å². The molecule has 17 heavy (non-hydrogen) atoms. The number of hydrogen-bond acceptors (Lipinski definition) is 3. The molecule has 0 aromatic carbocycles. The molecule has 0 aliphatic heterocycles. The second kappa shape index (κ2) is 5.19. The summed E-state index contributed by atoms with van der Waals surface area (Å²) in [6.07, 6.45) is 5.04. The Morgan fingerprint density at radius 3 is 2.71 bits per heavy atom. The molecule has 0 spiro atoms. The van der Waals surface area contributed by atoms with Crippen LogP contribution in [0.4, 0.5) is 0 Å². The smallest absolute Gasteiger partial charge is 0.133 e. The number of imidazole rings is 1. The van der Waals surface area contributed by atoms with E-state index in [4.69, 9.17) is 11.6 Å². The second-order valence-electron chi connectivity index (χ2n) is 4.74. The topological polar surface area (TPSA) is 38.1 Å². The van der Waals surface area contributed by atoms with Crippen molar-refractivity contribution in [1.82, 2.24) is 14.5 Å². The molecular weight excluding hydrogens is 238 g/mol. The molecular formula is C12H18ClN3O. The van der Waals surface area contributed by atoms with Gasteiger partial charge in [0.15, 0.2) is 0 Å². The first-order valence-corrected chi connectivity index (χ1v) is 6.33. The second-order valence-corrected chi connectivity index (χ2v) is 5.13. The Bertz CT molecular complexity index is 406. The molecule has 1 aromatic rings. The highest BCUT2D eigenvalue weighted by Gasteiger charge is 2.23. The fraction of sp³-hybridized carbons (Fsp3) is 0.667. The van der Waals surface area contributed by atoms with Gasteiger partial charge >= 0.3 is 0 Å².